The number of sulfonamides is 1. The molecule has 2 saturated heterocycles. The van der Waals surface area contributed by atoms with E-state index in [9.17, 15) is 13.2 Å². The summed E-state index contributed by atoms with van der Waals surface area (Å²) < 4.78 is 33.2. The van der Waals surface area contributed by atoms with Crippen LogP contribution in [0.4, 0.5) is 0 Å². The summed E-state index contributed by atoms with van der Waals surface area (Å²) in [6, 6.07) is 11.1. The standard InChI is InChI=1S/C21H28N4O4S/c1-15-5-2-3-6-16(15)13-22-21(26)17-7-4-12-25(14-17)30(27,28)20-9-8-19(29-20)18-10-11-23-24-18/h2-3,5-6,8-9,17-18,23-24H,4,7,10-14H2,1H3,(H,22,26). The zero-order valence-corrected chi connectivity index (χ0v) is 17.9. The van der Waals surface area contributed by atoms with E-state index in [1.54, 1.807) is 6.07 Å². The summed E-state index contributed by atoms with van der Waals surface area (Å²) in [7, 11) is -3.77. The van der Waals surface area contributed by atoms with Gasteiger partial charge in [-0.3, -0.25) is 10.2 Å². The zero-order chi connectivity index (χ0) is 21.1. The lowest BCUT2D eigenvalue weighted by Crippen LogP contribution is -2.45. The Hall–Kier alpha value is -2.20. The first kappa shape index (κ1) is 21.0. The fraction of sp³-hybridized carbons (Fsp3) is 0.476. The number of carbonyl (C=O) groups is 1. The van der Waals surface area contributed by atoms with Crippen LogP contribution in [0.2, 0.25) is 0 Å². The minimum absolute atomic E-state index is 0.0322. The molecular weight excluding hydrogens is 404 g/mol. The Morgan fingerprint density at radius 3 is 2.83 bits per heavy atom. The van der Waals surface area contributed by atoms with Crippen LogP contribution in [0.5, 0.6) is 0 Å². The highest BCUT2D eigenvalue weighted by atomic mass is 32.2. The number of hydrogen-bond donors (Lipinski definition) is 3. The molecule has 9 heteroatoms. The lowest BCUT2D eigenvalue weighted by Gasteiger charge is -2.30. The number of amides is 1. The van der Waals surface area contributed by atoms with Crippen LogP contribution in [0.15, 0.2) is 45.9 Å². The molecule has 4 rings (SSSR count). The minimum atomic E-state index is -3.77. The topological polar surface area (TPSA) is 104 Å². The van der Waals surface area contributed by atoms with Gasteiger partial charge < -0.3 is 9.73 Å². The van der Waals surface area contributed by atoms with E-state index in [2.05, 4.69) is 16.2 Å². The summed E-state index contributed by atoms with van der Waals surface area (Å²) in [6.45, 7) is 3.81. The molecule has 1 aromatic carbocycles. The fourth-order valence-corrected chi connectivity index (χ4v) is 5.44. The molecule has 1 amide bonds. The van der Waals surface area contributed by atoms with Crippen LogP contribution in [0.25, 0.3) is 0 Å². The molecule has 30 heavy (non-hydrogen) atoms. The van der Waals surface area contributed by atoms with Crippen LogP contribution in [-0.4, -0.2) is 38.3 Å². The molecule has 0 bridgehead atoms. The van der Waals surface area contributed by atoms with Crippen LogP contribution < -0.4 is 16.2 Å². The van der Waals surface area contributed by atoms with Gasteiger partial charge >= 0.3 is 0 Å². The normalized spacial score (nSPS) is 22.8. The molecule has 0 aliphatic carbocycles. The first-order chi connectivity index (χ1) is 14.4. The highest BCUT2D eigenvalue weighted by molar-refractivity contribution is 7.89. The summed E-state index contributed by atoms with van der Waals surface area (Å²) in [5.74, 6) is 0.121. The van der Waals surface area contributed by atoms with Crippen LogP contribution in [0.1, 0.15) is 42.2 Å². The molecule has 3 N–H and O–H groups in total. The van der Waals surface area contributed by atoms with Crippen LogP contribution in [0.3, 0.4) is 0 Å². The van der Waals surface area contributed by atoms with E-state index in [1.165, 1.54) is 10.4 Å². The Labute approximate surface area is 177 Å². The first-order valence-corrected chi connectivity index (χ1v) is 11.8. The molecule has 2 aliphatic rings. The molecule has 162 valence electrons. The summed E-state index contributed by atoms with van der Waals surface area (Å²) in [6.07, 6.45) is 2.15. The number of hydrogen-bond acceptors (Lipinski definition) is 6. The van der Waals surface area contributed by atoms with Gasteiger partial charge in [0.1, 0.15) is 5.76 Å². The SMILES string of the molecule is Cc1ccccc1CNC(=O)C1CCCN(S(=O)(=O)c2ccc(C3CCNN3)o2)C1. The van der Waals surface area contributed by atoms with Gasteiger partial charge in [-0.05, 0) is 49.4 Å². The third-order valence-electron chi connectivity index (χ3n) is 5.84. The number of aryl methyl sites for hydroxylation is 1. The second kappa shape index (κ2) is 8.89. The molecule has 2 fully saturated rings. The second-order valence-electron chi connectivity index (χ2n) is 7.92. The predicted molar refractivity (Wildman–Crippen MR) is 112 cm³/mol. The molecule has 2 aromatic rings. The second-order valence-corrected chi connectivity index (χ2v) is 9.78. The molecule has 2 atom stereocenters. The van der Waals surface area contributed by atoms with Crippen molar-refractivity contribution in [2.45, 2.75) is 43.9 Å². The van der Waals surface area contributed by atoms with Gasteiger partial charge in [-0.15, -0.1) is 0 Å². The van der Waals surface area contributed by atoms with Crippen molar-refractivity contribution in [2.75, 3.05) is 19.6 Å². The molecule has 2 unspecified atom stereocenters. The third kappa shape index (κ3) is 4.44. The summed E-state index contributed by atoms with van der Waals surface area (Å²) in [4.78, 5) is 12.7. The minimum Gasteiger partial charge on any atom is -0.447 e. The Morgan fingerprint density at radius 2 is 2.07 bits per heavy atom. The number of nitrogens with zero attached hydrogens (tertiary/aromatic N) is 1. The van der Waals surface area contributed by atoms with Gasteiger partial charge in [-0.25, -0.2) is 13.8 Å². The van der Waals surface area contributed by atoms with Crippen molar-refractivity contribution in [3.8, 4) is 0 Å². The van der Waals surface area contributed by atoms with E-state index >= 15 is 0 Å². The smallest absolute Gasteiger partial charge is 0.276 e. The van der Waals surface area contributed by atoms with E-state index in [0.29, 0.717) is 31.7 Å². The number of benzene rings is 1. The van der Waals surface area contributed by atoms with Gasteiger partial charge in [0, 0.05) is 26.2 Å². The molecular formula is C21H28N4O4S. The van der Waals surface area contributed by atoms with Gasteiger partial charge in [0.2, 0.25) is 11.0 Å². The van der Waals surface area contributed by atoms with E-state index in [1.807, 2.05) is 31.2 Å². The van der Waals surface area contributed by atoms with Gasteiger partial charge in [-0.2, -0.15) is 4.31 Å². The molecule has 0 saturated carbocycles. The maximum absolute atomic E-state index is 13.1. The van der Waals surface area contributed by atoms with Gasteiger partial charge in [-0.1, -0.05) is 24.3 Å². The Balaban J connectivity index is 1.40. The quantitative estimate of drug-likeness (QED) is 0.644. The number of furan rings is 1. The average Bonchev–Trinajstić information content (AvgIpc) is 3.45. The Kier molecular flexibility index (Phi) is 6.24. The average molecular weight is 433 g/mol. The molecule has 0 spiro atoms. The molecule has 8 nitrogen and oxygen atoms in total. The van der Waals surface area contributed by atoms with Crippen LogP contribution in [-0.2, 0) is 21.4 Å². The summed E-state index contributed by atoms with van der Waals surface area (Å²) >= 11 is 0. The maximum atomic E-state index is 13.1. The number of hydrazine groups is 1. The van der Waals surface area contributed by atoms with Crippen molar-refractivity contribution >= 4 is 15.9 Å². The lowest BCUT2D eigenvalue weighted by molar-refractivity contribution is -0.126. The van der Waals surface area contributed by atoms with E-state index in [-0.39, 0.29) is 29.5 Å². The van der Waals surface area contributed by atoms with Gasteiger partial charge in [0.05, 0.1) is 12.0 Å². The molecule has 1 aromatic heterocycles. The summed E-state index contributed by atoms with van der Waals surface area (Å²) in [5, 5.41) is 2.90. The van der Waals surface area contributed by atoms with E-state index < -0.39 is 10.0 Å². The van der Waals surface area contributed by atoms with Crippen molar-refractivity contribution in [1.29, 1.82) is 0 Å². The van der Waals surface area contributed by atoms with Gasteiger partial charge in [0.15, 0.2) is 0 Å². The number of rotatable bonds is 6. The maximum Gasteiger partial charge on any atom is 0.276 e. The predicted octanol–water partition coefficient (Wildman–Crippen LogP) is 1.84. The molecule has 2 aliphatic heterocycles. The van der Waals surface area contributed by atoms with Crippen LogP contribution in [0, 0.1) is 12.8 Å². The van der Waals surface area contributed by atoms with Crippen molar-refractivity contribution < 1.29 is 17.6 Å². The number of piperidine rings is 1. The summed E-state index contributed by atoms with van der Waals surface area (Å²) in [5.41, 5.74) is 8.26. The van der Waals surface area contributed by atoms with Gasteiger partial charge in [0.25, 0.3) is 10.0 Å². The highest BCUT2D eigenvalue weighted by Gasteiger charge is 2.35. The first-order valence-electron chi connectivity index (χ1n) is 10.4. The van der Waals surface area contributed by atoms with Crippen LogP contribution >= 0.6 is 0 Å². The zero-order valence-electron chi connectivity index (χ0n) is 17.1. The molecule has 3 heterocycles. The number of nitrogens with one attached hydrogen (secondary N) is 3. The van der Waals surface area contributed by atoms with E-state index in [4.69, 9.17) is 4.42 Å². The molecule has 0 radical (unpaired) electrons. The highest BCUT2D eigenvalue weighted by Crippen LogP contribution is 2.28. The van der Waals surface area contributed by atoms with E-state index in [0.717, 1.165) is 24.1 Å². The number of carbonyl (C=O) groups excluding carboxylic acids is 1. The fourth-order valence-electron chi connectivity index (χ4n) is 3.99. The van der Waals surface area contributed by atoms with Crippen molar-refractivity contribution in [2.24, 2.45) is 5.92 Å². The van der Waals surface area contributed by atoms with Crippen molar-refractivity contribution in [3.63, 3.8) is 0 Å². The lowest BCUT2D eigenvalue weighted by atomic mass is 9.98. The third-order valence-corrected chi connectivity index (χ3v) is 7.58. The van der Waals surface area contributed by atoms with Crippen molar-refractivity contribution in [3.05, 3.63) is 53.3 Å². The Morgan fingerprint density at radius 1 is 1.23 bits per heavy atom. The largest absolute Gasteiger partial charge is 0.447 e. The Bertz CT molecular complexity index is 998. The van der Waals surface area contributed by atoms with Crippen molar-refractivity contribution in [1.82, 2.24) is 20.5 Å². The monoisotopic (exact) mass is 432 g/mol.